The number of imidazole rings is 2. The number of hydrogen-bond acceptors (Lipinski definition) is 7. The van der Waals surface area contributed by atoms with Crippen LogP contribution in [0.15, 0.2) is 60.8 Å². The van der Waals surface area contributed by atoms with Crippen molar-refractivity contribution in [1.29, 1.82) is 0 Å². The van der Waals surface area contributed by atoms with Crippen molar-refractivity contribution < 1.29 is 23.9 Å². The van der Waals surface area contributed by atoms with Crippen LogP contribution in [-0.2, 0) is 19.1 Å². The summed E-state index contributed by atoms with van der Waals surface area (Å²) in [7, 11) is 1.31. The molecule has 12 nitrogen and oxygen atoms in total. The average molecular weight is 814 g/mol. The van der Waals surface area contributed by atoms with Crippen molar-refractivity contribution in [2.45, 2.75) is 104 Å². The number of alkyl carbamates (subject to hydrolysis) is 1. The van der Waals surface area contributed by atoms with Gasteiger partial charge >= 0.3 is 6.09 Å². The van der Waals surface area contributed by atoms with Gasteiger partial charge in [0.25, 0.3) is 0 Å². The minimum Gasteiger partial charge on any atom is -0.453 e. The molecule has 1 saturated carbocycles. The number of rotatable bonds is 9. The molecule has 1 spiro atoms. The number of nitrogens with one attached hydrogen (secondary N) is 3. The Hall–Kier alpha value is -5.23. The van der Waals surface area contributed by atoms with Crippen molar-refractivity contribution in [3.63, 3.8) is 0 Å². The van der Waals surface area contributed by atoms with E-state index in [9.17, 15) is 14.4 Å². The topological polar surface area (TPSA) is 146 Å². The highest BCUT2D eigenvalue weighted by Gasteiger charge is 2.51. The highest BCUT2D eigenvalue weighted by Crippen LogP contribution is 2.49. The molecule has 7 atom stereocenters. The number of carbonyl (C=O) groups excluding carboxylic acids is 3. The van der Waals surface area contributed by atoms with E-state index in [4.69, 9.17) is 19.4 Å². The molecule has 9 rings (SSSR count). The number of aromatic amines is 2. The lowest BCUT2D eigenvalue weighted by atomic mass is 9.80. The molecule has 0 radical (unpaired) electrons. The average Bonchev–Trinajstić information content (AvgIpc) is 4.10. The summed E-state index contributed by atoms with van der Waals surface area (Å²) in [5, 5.41) is 5.01. The standard InChI is InChI=1S/C48H59N7O5/c1-27(2)29(5)45(56)55-38-10-7-9-34(38)22-39(55)44-50-36-18-16-33-21-32(15-17-35(33)42(36)52-44)30-11-13-31(14-12-30)37-24-49-43(51-37)40-23-48(19-8-20-60-26-48)25-54(40)46(57)41(28(3)4)53-47(58)59-6/h11-18,21,24,27-29,34,38-41H,7-10,19-20,22-23,25-26H2,1-6H3,(H,49,51)(H,50,52)(H,53,58)/t29-,34-,38-,39-,40-,41-,48-/m0/s1. The predicted molar refractivity (Wildman–Crippen MR) is 232 cm³/mol. The van der Waals surface area contributed by atoms with Gasteiger partial charge in [-0.2, -0.15) is 0 Å². The first-order valence-corrected chi connectivity index (χ1v) is 22.1. The summed E-state index contributed by atoms with van der Waals surface area (Å²) in [6.45, 7) is 12.1. The molecule has 3 aromatic carbocycles. The van der Waals surface area contributed by atoms with Gasteiger partial charge in [0.2, 0.25) is 11.8 Å². The Morgan fingerprint density at radius 1 is 0.883 bits per heavy atom. The second-order valence-corrected chi connectivity index (χ2v) is 18.8. The fraction of sp³-hybridized carbons (Fsp3) is 0.521. The van der Waals surface area contributed by atoms with Crippen LogP contribution in [0.5, 0.6) is 0 Å². The van der Waals surface area contributed by atoms with Crippen LogP contribution in [0.1, 0.15) is 103 Å². The lowest BCUT2D eigenvalue weighted by Crippen LogP contribution is -2.51. The first kappa shape index (κ1) is 40.2. The van der Waals surface area contributed by atoms with Crippen molar-refractivity contribution in [2.24, 2.45) is 29.1 Å². The van der Waals surface area contributed by atoms with Crippen molar-refractivity contribution in [3.8, 4) is 22.4 Å². The molecule has 3 amide bonds. The number of nitrogens with zero attached hydrogens (tertiary/aromatic N) is 4. The van der Waals surface area contributed by atoms with Gasteiger partial charge in [-0.05, 0) is 84.9 Å². The van der Waals surface area contributed by atoms with E-state index >= 15 is 0 Å². The number of benzene rings is 3. The zero-order valence-electron chi connectivity index (χ0n) is 35.8. The van der Waals surface area contributed by atoms with Crippen molar-refractivity contribution in [1.82, 2.24) is 35.1 Å². The number of methoxy groups -OCH3 is 1. The second-order valence-electron chi connectivity index (χ2n) is 18.8. The van der Waals surface area contributed by atoms with Crippen LogP contribution in [0.4, 0.5) is 4.79 Å². The number of carbonyl (C=O) groups is 3. The molecule has 4 aliphatic rings. The van der Waals surface area contributed by atoms with Crippen molar-refractivity contribution in [2.75, 3.05) is 26.9 Å². The number of H-pyrrole nitrogens is 2. The molecule has 0 bridgehead atoms. The van der Waals surface area contributed by atoms with Gasteiger partial charge in [-0.25, -0.2) is 14.8 Å². The number of aromatic nitrogens is 4. The molecule has 12 heteroatoms. The summed E-state index contributed by atoms with van der Waals surface area (Å²) >= 11 is 0. The maximum Gasteiger partial charge on any atom is 0.407 e. The molecular weight excluding hydrogens is 755 g/mol. The van der Waals surface area contributed by atoms with E-state index in [2.05, 4.69) is 95.6 Å². The molecule has 5 heterocycles. The predicted octanol–water partition coefficient (Wildman–Crippen LogP) is 8.96. The summed E-state index contributed by atoms with van der Waals surface area (Å²) in [6, 6.07) is 18.6. The number of ether oxygens (including phenoxy) is 2. The third-order valence-corrected chi connectivity index (χ3v) is 14.3. The molecule has 316 valence electrons. The number of likely N-dealkylation sites (tertiary alicyclic amines) is 2. The molecule has 3 saturated heterocycles. The van der Waals surface area contributed by atoms with E-state index in [-0.39, 0.29) is 41.1 Å². The Morgan fingerprint density at radius 3 is 2.40 bits per heavy atom. The van der Waals surface area contributed by atoms with Gasteiger partial charge in [0.05, 0.1) is 42.5 Å². The first-order chi connectivity index (χ1) is 28.9. The van der Waals surface area contributed by atoms with Gasteiger partial charge in [-0.15, -0.1) is 0 Å². The maximum atomic E-state index is 14.2. The van der Waals surface area contributed by atoms with Crippen LogP contribution >= 0.6 is 0 Å². The molecule has 5 aromatic rings. The Labute approximate surface area is 352 Å². The van der Waals surface area contributed by atoms with Gasteiger partial charge in [0, 0.05) is 47.7 Å². The van der Waals surface area contributed by atoms with Crippen LogP contribution in [0.3, 0.4) is 0 Å². The Morgan fingerprint density at radius 2 is 1.67 bits per heavy atom. The fourth-order valence-corrected chi connectivity index (χ4v) is 10.6. The fourth-order valence-electron chi connectivity index (χ4n) is 10.6. The molecule has 4 fully saturated rings. The Kier molecular flexibility index (Phi) is 10.7. The SMILES string of the molecule is COC(=O)N[C@H](C(=O)N1C[C@]2(CCCOC2)C[C@H]1c1nc(-c2ccc(-c3ccc4c(ccc5nc([C@@H]6C[C@@H]7CCC[C@@H]7N6C(=O)[C@@H](C)C(C)C)[nH]c54)c3)cc2)c[nH]1)C(C)C. The zero-order chi connectivity index (χ0) is 41.9. The van der Waals surface area contributed by atoms with Crippen LogP contribution in [0, 0.1) is 29.1 Å². The molecule has 2 aromatic heterocycles. The summed E-state index contributed by atoms with van der Waals surface area (Å²) in [5.74, 6) is 2.45. The van der Waals surface area contributed by atoms with E-state index in [0.29, 0.717) is 31.0 Å². The van der Waals surface area contributed by atoms with E-state index in [0.717, 1.165) is 94.5 Å². The largest absolute Gasteiger partial charge is 0.453 e. The zero-order valence-corrected chi connectivity index (χ0v) is 35.8. The molecule has 3 N–H and O–H groups in total. The molecule has 1 aliphatic carbocycles. The summed E-state index contributed by atoms with van der Waals surface area (Å²) in [5.41, 5.74) is 5.77. The smallest absolute Gasteiger partial charge is 0.407 e. The third kappa shape index (κ3) is 7.24. The van der Waals surface area contributed by atoms with E-state index < -0.39 is 12.1 Å². The van der Waals surface area contributed by atoms with Gasteiger partial charge in [-0.1, -0.05) is 83.5 Å². The van der Waals surface area contributed by atoms with E-state index in [1.54, 1.807) is 0 Å². The number of amides is 3. The van der Waals surface area contributed by atoms with E-state index in [1.807, 2.05) is 24.9 Å². The minimum absolute atomic E-state index is 0.0184. The van der Waals surface area contributed by atoms with Gasteiger partial charge in [0.1, 0.15) is 17.7 Å². The normalized spacial score (nSPS) is 25.1. The van der Waals surface area contributed by atoms with Gasteiger partial charge in [0.15, 0.2) is 0 Å². The van der Waals surface area contributed by atoms with Gasteiger partial charge < -0.3 is 34.6 Å². The number of fused-ring (bicyclic) bond motifs is 4. The highest BCUT2D eigenvalue weighted by molar-refractivity contribution is 6.05. The lowest BCUT2D eigenvalue weighted by molar-refractivity contribution is -0.140. The summed E-state index contributed by atoms with van der Waals surface area (Å²) in [4.78, 5) is 61.7. The third-order valence-electron chi connectivity index (χ3n) is 14.3. The van der Waals surface area contributed by atoms with Gasteiger partial charge in [-0.3, -0.25) is 9.59 Å². The maximum absolute atomic E-state index is 14.2. The van der Waals surface area contributed by atoms with E-state index in [1.165, 1.54) is 20.0 Å². The molecule has 3 aliphatic heterocycles. The van der Waals surface area contributed by atoms with Crippen LogP contribution in [-0.4, -0.2) is 86.6 Å². The highest BCUT2D eigenvalue weighted by atomic mass is 16.5. The second kappa shape index (κ2) is 16.0. The minimum atomic E-state index is -0.724. The van der Waals surface area contributed by atoms with Crippen LogP contribution in [0.25, 0.3) is 44.2 Å². The van der Waals surface area contributed by atoms with Crippen LogP contribution < -0.4 is 5.32 Å². The summed E-state index contributed by atoms with van der Waals surface area (Å²) in [6.07, 6.45) is 8.40. The lowest BCUT2D eigenvalue weighted by Gasteiger charge is -2.33. The monoisotopic (exact) mass is 813 g/mol. The van der Waals surface area contributed by atoms with Crippen LogP contribution in [0.2, 0.25) is 0 Å². The molecular formula is C48H59N7O5. The summed E-state index contributed by atoms with van der Waals surface area (Å²) < 4.78 is 10.8. The number of hydrogen-bond donors (Lipinski definition) is 3. The Balaban J connectivity index is 0.949. The Bertz CT molecular complexity index is 2390. The molecule has 60 heavy (non-hydrogen) atoms. The molecule has 0 unspecified atom stereocenters. The quantitative estimate of drug-likeness (QED) is 0.135. The first-order valence-electron chi connectivity index (χ1n) is 22.1. The van der Waals surface area contributed by atoms with Crippen molar-refractivity contribution >= 4 is 39.7 Å². The van der Waals surface area contributed by atoms with Crippen molar-refractivity contribution in [3.05, 3.63) is 72.4 Å².